The van der Waals surface area contributed by atoms with Crippen molar-refractivity contribution in [3.05, 3.63) is 26.5 Å². The Morgan fingerprint density at radius 3 is 2.67 bits per heavy atom. The lowest BCUT2D eigenvalue weighted by Crippen LogP contribution is -2.33. The van der Waals surface area contributed by atoms with Gasteiger partial charge in [-0.05, 0) is 0 Å². The Hall–Kier alpha value is -2.01. The summed E-state index contributed by atoms with van der Waals surface area (Å²) in [4.78, 5) is 26.0. The van der Waals surface area contributed by atoms with E-state index < -0.39 is 42.3 Å². The van der Waals surface area contributed by atoms with E-state index in [2.05, 4.69) is 15.2 Å². The minimum Gasteiger partial charge on any atom is -0.394 e. The van der Waals surface area contributed by atoms with Gasteiger partial charge in [-0.3, -0.25) is 14.5 Å². The summed E-state index contributed by atoms with van der Waals surface area (Å²) in [5, 5.41) is 35.1. The molecule has 3 heterocycles. The number of hydrogen-bond acceptors (Lipinski definition) is 7. The third-order valence-electron chi connectivity index (χ3n) is 3.66. The summed E-state index contributed by atoms with van der Waals surface area (Å²) < 4.78 is 6.21. The van der Waals surface area contributed by atoms with Gasteiger partial charge in [0.25, 0.3) is 5.56 Å². The van der Waals surface area contributed by atoms with Gasteiger partial charge >= 0.3 is 5.69 Å². The lowest BCUT2D eigenvalue weighted by Gasteiger charge is -2.12. The lowest BCUT2D eigenvalue weighted by atomic mass is 10.1. The van der Waals surface area contributed by atoms with Crippen LogP contribution in [0.1, 0.15) is 11.8 Å². The van der Waals surface area contributed by atoms with Crippen LogP contribution in [0.3, 0.4) is 0 Å². The second kappa shape index (κ2) is 4.77. The number of H-pyrrole nitrogens is 2. The van der Waals surface area contributed by atoms with E-state index in [-0.39, 0.29) is 16.7 Å². The van der Waals surface area contributed by atoms with E-state index >= 15 is 0 Å². The summed E-state index contributed by atoms with van der Waals surface area (Å²) in [5.74, 6) is 0. The summed E-state index contributed by atoms with van der Waals surface area (Å²) in [6.07, 6.45) is -4.60. The Labute approximate surface area is 116 Å². The van der Waals surface area contributed by atoms with Crippen LogP contribution in [0.5, 0.6) is 0 Å². The molecule has 114 valence electrons. The van der Waals surface area contributed by atoms with Crippen molar-refractivity contribution in [2.75, 3.05) is 6.61 Å². The summed E-state index contributed by atoms with van der Waals surface area (Å²) in [7, 11) is 1.31. The van der Waals surface area contributed by atoms with Crippen LogP contribution in [0, 0.1) is 0 Å². The number of nitrogens with zero attached hydrogens (tertiary/aromatic N) is 2. The topological polar surface area (TPSA) is 153 Å². The predicted octanol–water partition coefficient (Wildman–Crippen LogP) is -2.90. The molecule has 0 radical (unpaired) electrons. The first kappa shape index (κ1) is 13.9. The minimum absolute atomic E-state index is 0.00941. The molecule has 1 fully saturated rings. The van der Waals surface area contributed by atoms with Crippen LogP contribution in [-0.2, 0) is 11.8 Å². The van der Waals surface area contributed by atoms with Crippen LogP contribution < -0.4 is 11.2 Å². The van der Waals surface area contributed by atoms with E-state index in [1.54, 1.807) is 0 Å². The van der Waals surface area contributed by atoms with E-state index in [4.69, 9.17) is 9.84 Å². The fourth-order valence-electron chi connectivity index (χ4n) is 2.42. The molecule has 0 saturated carbocycles. The van der Waals surface area contributed by atoms with Crippen molar-refractivity contribution < 1.29 is 20.1 Å². The minimum atomic E-state index is -1.32. The molecule has 0 aliphatic carbocycles. The third kappa shape index (κ3) is 1.92. The molecule has 3 rings (SSSR count). The first-order valence-corrected chi connectivity index (χ1v) is 6.25. The molecule has 0 amide bonds. The van der Waals surface area contributed by atoms with Crippen molar-refractivity contribution in [3.8, 4) is 0 Å². The van der Waals surface area contributed by atoms with Crippen LogP contribution in [0.2, 0.25) is 0 Å². The van der Waals surface area contributed by atoms with Crippen LogP contribution in [-0.4, -0.2) is 60.0 Å². The fraction of sp³-hybridized carbons (Fsp3) is 0.545. The number of hydrogen-bond donors (Lipinski definition) is 5. The molecule has 1 aliphatic rings. The smallest absolute Gasteiger partial charge is 0.328 e. The zero-order chi connectivity index (χ0) is 15.3. The van der Waals surface area contributed by atoms with E-state index in [1.807, 2.05) is 0 Å². The van der Waals surface area contributed by atoms with E-state index in [0.29, 0.717) is 0 Å². The van der Waals surface area contributed by atoms with E-state index in [9.17, 15) is 19.8 Å². The Kier molecular flexibility index (Phi) is 3.17. The van der Waals surface area contributed by atoms with Crippen LogP contribution >= 0.6 is 0 Å². The molecular weight excluding hydrogens is 284 g/mol. The maximum absolute atomic E-state index is 11.9. The van der Waals surface area contributed by atoms with E-state index in [1.165, 1.54) is 7.05 Å². The van der Waals surface area contributed by atoms with Crippen molar-refractivity contribution in [1.29, 1.82) is 0 Å². The predicted molar refractivity (Wildman–Crippen MR) is 68.7 cm³/mol. The molecule has 10 nitrogen and oxygen atoms in total. The van der Waals surface area contributed by atoms with E-state index in [0.717, 1.165) is 4.57 Å². The van der Waals surface area contributed by atoms with Gasteiger partial charge in [-0.2, -0.15) is 5.10 Å². The van der Waals surface area contributed by atoms with Crippen molar-refractivity contribution in [2.24, 2.45) is 7.05 Å². The van der Waals surface area contributed by atoms with Crippen LogP contribution in [0.15, 0.2) is 9.59 Å². The lowest BCUT2D eigenvalue weighted by molar-refractivity contribution is -0.0236. The Morgan fingerprint density at radius 2 is 2.05 bits per heavy atom. The number of aliphatic hydroxyl groups is 3. The fourth-order valence-corrected chi connectivity index (χ4v) is 2.42. The summed E-state index contributed by atoms with van der Waals surface area (Å²) in [5.41, 5.74) is -0.963. The monoisotopic (exact) mass is 298 g/mol. The second-order valence-corrected chi connectivity index (χ2v) is 4.91. The molecule has 4 atom stereocenters. The molecule has 10 heteroatoms. The summed E-state index contributed by atoms with van der Waals surface area (Å²) in [6.45, 7) is -0.473. The van der Waals surface area contributed by atoms with Gasteiger partial charge in [0.05, 0.1) is 17.8 Å². The van der Waals surface area contributed by atoms with Crippen molar-refractivity contribution in [2.45, 2.75) is 24.4 Å². The molecule has 0 bridgehead atoms. The Balaban J connectivity index is 2.15. The molecule has 1 saturated heterocycles. The van der Waals surface area contributed by atoms with Crippen LogP contribution in [0.25, 0.3) is 11.0 Å². The zero-order valence-electron chi connectivity index (χ0n) is 11.0. The van der Waals surface area contributed by atoms with Crippen LogP contribution in [0.4, 0.5) is 0 Å². The average Bonchev–Trinajstić information content (AvgIpc) is 2.99. The first-order valence-electron chi connectivity index (χ1n) is 6.25. The molecule has 2 aromatic rings. The normalized spacial score (nSPS) is 29.3. The molecule has 2 aromatic heterocycles. The number of ether oxygens (including phenoxy) is 1. The quantitative estimate of drug-likeness (QED) is 0.398. The first-order chi connectivity index (χ1) is 9.95. The number of aromatic nitrogens is 4. The number of aromatic amines is 2. The number of aliphatic hydroxyl groups excluding tert-OH is 3. The maximum Gasteiger partial charge on any atom is 0.328 e. The third-order valence-corrected chi connectivity index (χ3v) is 3.66. The highest BCUT2D eigenvalue weighted by atomic mass is 16.6. The highest BCUT2D eigenvalue weighted by Gasteiger charge is 2.44. The molecule has 0 unspecified atom stereocenters. The standard InChI is InChI=1S/C11H14N4O6/c1-15-10(19)6-4(12-11(15)20)5(13-14-6)9-8(18)7(17)3(2-16)21-9/h3,7-9,16-18H,2H2,1H3,(H,12,20)(H,13,14)/t3-,7-,8-,9+/m1/s1. The zero-order valence-corrected chi connectivity index (χ0v) is 11.0. The summed E-state index contributed by atoms with van der Waals surface area (Å²) >= 11 is 0. The van der Waals surface area contributed by atoms with Crippen molar-refractivity contribution in [3.63, 3.8) is 0 Å². The second-order valence-electron chi connectivity index (χ2n) is 4.91. The maximum atomic E-state index is 11.9. The molecule has 21 heavy (non-hydrogen) atoms. The van der Waals surface area contributed by atoms with Gasteiger partial charge in [0.1, 0.15) is 24.4 Å². The highest BCUT2D eigenvalue weighted by Crippen LogP contribution is 2.34. The van der Waals surface area contributed by atoms with Crippen molar-refractivity contribution >= 4 is 11.0 Å². The molecular formula is C11H14N4O6. The van der Waals surface area contributed by atoms with Gasteiger partial charge in [-0.15, -0.1) is 0 Å². The largest absolute Gasteiger partial charge is 0.394 e. The van der Waals surface area contributed by atoms with Gasteiger partial charge in [0, 0.05) is 7.05 Å². The Morgan fingerprint density at radius 1 is 1.33 bits per heavy atom. The van der Waals surface area contributed by atoms with Crippen molar-refractivity contribution in [1.82, 2.24) is 19.7 Å². The Bertz CT molecular complexity index is 792. The van der Waals surface area contributed by atoms with Gasteiger partial charge in [0.15, 0.2) is 5.52 Å². The molecule has 5 N–H and O–H groups in total. The van der Waals surface area contributed by atoms with Gasteiger partial charge in [0.2, 0.25) is 0 Å². The average molecular weight is 298 g/mol. The van der Waals surface area contributed by atoms with Gasteiger partial charge in [-0.1, -0.05) is 0 Å². The molecule has 0 spiro atoms. The number of fused-ring (bicyclic) bond motifs is 1. The number of nitrogens with one attached hydrogen (secondary N) is 2. The molecule has 1 aliphatic heterocycles. The van der Waals surface area contributed by atoms with Gasteiger partial charge in [-0.25, -0.2) is 4.79 Å². The summed E-state index contributed by atoms with van der Waals surface area (Å²) in [6, 6.07) is 0. The number of rotatable bonds is 2. The highest BCUT2D eigenvalue weighted by molar-refractivity contribution is 5.76. The van der Waals surface area contributed by atoms with Gasteiger partial charge < -0.3 is 25.0 Å². The SMILES string of the molecule is Cn1c(=O)[nH]c2c([C@@H]3O[C@H](CO)[C@@H](O)[C@H]3O)[nH]nc2c1=O. The molecule has 0 aromatic carbocycles.